The lowest BCUT2D eigenvalue weighted by atomic mass is 9.83. The molecule has 1 aromatic heterocycles. The first-order chi connectivity index (χ1) is 12.0. The van der Waals surface area contributed by atoms with E-state index in [0.29, 0.717) is 17.3 Å². The fourth-order valence-corrected chi connectivity index (χ4v) is 2.27. The standard InChI is InChI=1S/C12H21BN4O2.C2HF3O2/c1-10(2)9-16-3-5-17(6-4-16)12-14-7-11(8-15-12)13(18)19;3-2(4,5)1(6)7/h7-8,10,18-19H,3-6,9H2,1-2H3;(H,6,7). The molecule has 0 spiro atoms. The first-order valence-corrected chi connectivity index (χ1v) is 7.96. The largest absolute Gasteiger partial charge is 0.491 e. The molecule has 1 aliphatic heterocycles. The minimum Gasteiger partial charge on any atom is -0.475 e. The molecule has 2 heterocycles. The van der Waals surface area contributed by atoms with E-state index in [0.717, 1.165) is 32.7 Å². The van der Waals surface area contributed by atoms with Crippen LogP contribution in [0.4, 0.5) is 19.1 Å². The van der Waals surface area contributed by atoms with E-state index in [2.05, 4.69) is 33.6 Å². The fraction of sp³-hybridized carbons (Fsp3) is 0.643. The highest BCUT2D eigenvalue weighted by Crippen LogP contribution is 2.13. The molecule has 8 nitrogen and oxygen atoms in total. The highest BCUT2D eigenvalue weighted by molar-refractivity contribution is 6.58. The van der Waals surface area contributed by atoms with Crippen molar-refractivity contribution in [1.29, 1.82) is 0 Å². The zero-order valence-electron chi connectivity index (χ0n) is 14.5. The number of carbonyl (C=O) groups is 1. The van der Waals surface area contributed by atoms with Gasteiger partial charge in [-0.25, -0.2) is 14.8 Å². The number of carboxylic acid groups (broad SMARTS) is 1. The Morgan fingerprint density at radius 3 is 2.00 bits per heavy atom. The summed E-state index contributed by atoms with van der Waals surface area (Å²) in [4.78, 5) is 21.8. The summed E-state index contributed by atoms with van der Waals surface area (Å²) < 4.78 is 31.7. The van der Waals surface area contributed by atoms with Gasteiger partial charge < -0.3 is 20.1 Å². The monoisotopic (exact) mass is 378 g/mol. The minimum atomic E-state index is -5.08. The van der Waals surface area contributed by atoms with Gasteiger partial charge in [0.2, 0.25) is 5.95 Å². The van der Waals surface area contributed by atoms with Gasteiger partial charge in [-0.3, -0.25) is 4.90 Å². The Kier molecular flexibility index (Phi) is 8.25. The summed E-state index contributed by atoms with van der Waals surface area (Å²) in [6.45, 7) is 9.45. The van der Waals surface area contributed by atoms with Gasteiger partial charge in [0, 0.05) is 50.6 Å². The molecule has 26 heavy (non-hydrogen) atoms. The molecular weight excluding hydrogens is 356 g/mol. The molecule has 3 N–H and O–H groups in total. The average Bonchev–Trinajstić information content (AvgIpc) is 2.55. The first kappa shape index (κ1) is 22.1. The van der Waals surface area contributed by atoms with E-state index in [1.54, 1.807) is 0 Å². The van der Waals surface area contributed by atoms with Crippen molar-refractivity contribution in [2.45, 2.75) is 20.0 Å². The summed E-state index contributed by atoms with van der Waals surface area (Å²) in [6.07, 6.45) is -2.15. The Morgan fingerprint density at radius 1 is 1.19 bits per heavy atom. The lowest BCUT2D eigenvalue weighted by Crippen LogP contribution is -2.48. The van der Waals surface area contributed by atoms with Crippen molar-refractivity contribution >= 4 is 24.5 Å². The summed E-state index contributed by atoms with van der Waals surface area (Å²) in [6, 6.07) is 0. The van der Waals surface area contributed by atoms with Gasteiger partial charge in [-0.05, 0) is 5.92 Å². The highest BCUT2D eigenvalue weighted by atomic mass is 19.4. The number of aliphatic carboxylic acids is 1. The Labute approximate surface area is 149 Å². The van der Waals surface area contributed by atoms with Crippen LogP contribution in [0.2, 0.25) is 0 Å². The molecule has 0 unspecified atom stereocenters. The SMILES string of the molecule is CC(C)CN1CCN(c2ncc(B(O)O)cn2)CC1.O=C(O)C(F)(F)F. The quantitative estimate of drug-likeness (QED) is 0.606. The fourth-order valence-electron chi connectivity index (χ4n) is 2.27. The smallest absolute Gasteiger partial charge is 0.475 e. The summed E-state index contributed by atoms with van der Waals surface area (Å²) in [5.41, 5.74) is 0.321. The number of anilines is 1. The molecule has 0 atom stereocenters. The van der Waals surface area contributed by atoms with Crippen molar-refractivity contribution in [3.05, 3.63) is 12.4 Å². The lowest BCUT2D eigenvalue weighted by molar-refractivity contribution is -0.192. The number of aromatic nitrogens is 2. The van der Waals surface area contributed by atoms with Gasteiger partial charge in [0.1, 0.15) is 0 Å². The molecule has 0 aromatic carbocycles. The number of carboxylic acids is 1. The van der Waals surface area contributed by atoms with E-state index in [-0.39, 0.29) is 0 Å². The molecule has 146 valence electrons. The molecule has 1 saturated heterocycles. The van der Waals surface area contributed by atoms with E-state index in [1.807, 2.05) is 0 Å². The predicted octanol–water partition coefficient (Wildman–Crippen LogP) is -0.432. The van der Waals surface area contributed by atoms with Gasteiger partial charge in [-0.1, -0.05) is 13.8 Å². The maximum atomic E-state index is 10.6. The van der Waals surface area contributed by atoms with Crippen LogP contribution in [0.3, 0.4) is 0 Å². The van der Waals surface area contributed by atoms with Crippen LogP contribution < -0.4 is 10.4 Å². The van der Waals surface area contributed by atoms with E-state index in [4.69, 9.17) is 19.9 Å². The van der Waals surface area contributed by atoms with E-state index < -0.39 is 19.3 Å². The molecule has 1 aromatic rings. The molecule has 0 aliphatic carbocycles. The summed E-state index contributed by atoms with van der Waals surface area (Å²) in [7, 11) is -1.50. The number of halogens is 3. The number of rotatable bonds is 4. The summed E-state index contributed by atoms with van der Waals surface area (Å²) >= 11 is 0. The van der Waals surface area contributed by atoms with Gasteiger partial charge >= 0.3 is 19.3 Å². The Morgan fingerprint density at radius 2 is 1.65 bits per heavy atom. The van der Waals surface area contributed by atoms with Crippen LogP contribution in [0, 0.1) is 5.92 Å². The molecule has 2 rings (SSSR count). The maximum Gasteiger partial charge on any atom is 0.491 e. The van der Waals surface area contributed by atoms with Crippen molar-refractivity contribution < 1.29 is 33.1 Å². The molecule has 1 aliphatic rings. The second kappa shape index (κ2) is 9.69. The Balaban J connectivity index is 0.000000412. The van der Waals surface area contributed by atoms with Crippen molar-refractivity contribution in [2.75, 3.05) is 37.6 Å². The van der Waals surface area contributed by atoms with Crippen LogP contribution in [0.1, 0.15) is 13.8 Å². The minimum absolute atomic E-state index is 0.321. The molecule has 0 bridgehead atoms. The highest BCUT2D eigenvalue weighted by Gasteiger charge is 2.38. The predicted molar refractivity (Wildman–Crippen MR) is 89.0 cm³/mol. The maximum absolute atomic E-state index is 10.6. The van der Waals surface area contributed by atoms with Gasteiger partial charge in [-0.2, -0.15) is 13.2 Å². The van der Waals surface area contributed by atoms with E-state index in [1.165, 1.54) is 12.4 Å². The Bertz CT molecular complexity index is 564. The van der Waals surface area contributed by atoms with Crippen LogP contribution >= 0.6 is 0 Å². The van der Waals surface area contributed by atoms with Crippen molar-refractivity contribution in [3.8, 4) is 0 Å². The van der Waals surface area contributed by atoms with Gasteiger partial charge in [0.25, 0.3) is 0 Å². The van der Waals surface area contributed by atoms with Crippen LogP contribution in [0.25, 0.3) is 0 Å². The van der Waals surface area contributed by atoms with Crippen molar-refractivity contribution in [1.82, 2.24) is 14.9 Å². The molecular formula is C14H22BF3N4O4. The summed E-state index contributed by atoms with van der Waals surface area (Å²) in [5, 5.41) is 25.1. The Hall–Kier alpha value is -1.92. The lowest BCUT2D eigenvalue weighted by Gasteiger charge is -2.35. The number of hydrogen-bond acceptors (Lipinski definition) is 7. The molecule has 0 amide bonds. The van der Waals surface area contributed by atoms with Crippen LogP contribution in [-0.2, 0) is 4.79 Å². The molecule has 1 fully saturated rings. The van der Waals surface area contributed by atoms with Gasteiger partial charge in [0.15, 0.2) is 0 Å². The van der Waals surface area contributed by atoms with E-state index >= 15 is 0 Å². The number of piperazine rings is 1. The van der Waals surface area contributed by atoms with Crippen LogP contribution in [0.5, 0.6) is 0 Å². The van der Waals surface area contributed by atoms with Crippen molar-refractivity contribution in [3.63, 3.8) is 0 Å². The first-order valence-electron chi connectivity index (χ1n) is 7.96. The normalized spacial score (nSPS) is 15.5. The van der Waals surface area contributed by atoms with Gasteiger partial charge in [-0.15, -0.1) is 0 Å². The number of alkyl halides is 3. The number of nitrogens with zero attached hydrogens (tertiary/aromatic N) is 4. The second-order valence-corrected chi connectivity index (χ2v) is 6.17. The van der Waals surface area contributed by atoms with Crippen LogP contribution in [0.15, 0.2) is 12.4 Å². The summed E-state index contributed by atoms with van der Waals surface area (Å²) in [5.74, 6) is -1.41. The van der Waals surface area contributed by atoms with Crippen molar-refractivity contribution in [2.24, 2.45) is 5.92 Å². The third-order valence-electron chi connectivity index (χ3n) is 3.48. The van der Waals surface area contributed by atoms with E-state index in [9.17, 15) is 13.2 Å². The zero-order valence-corrected chi connectivity index (χ0v) is 14.5. The third-order valence-corrected chi connectivity index (χ3v) is 3.48. The van der Waals surface area contributed by atoms with Crippen LogP contribution in [-0.4, -0.2) is 82.0 Å². The average molecular weight is 378 g/mol. The molecule has 12 heteroatoms. The van der Waals surface area contributed by atoms with Gasteiger partial charge in [0.05, 0.1) is 0 Å². The third kappa shape index (κ3) is 7.54. The topological polar surface area (TPSA) is 110 Å². The number of hydrogen-bond donors (Lipinski definition) is 3. The second-order valence-electron chi connectivity index (χ2n) is 6.17. The molecule has 0 radical (unpaired) electrons. The molecule has 0 saturated carbocycles. The zero-order chi connectivity index (χ0) is 19.9.